The summed E-state index contributed by atoms with van der Waals surface area (Å²) >= 11 is 13.4. The molecular formula is C17H9Cl2N3OS. The second-order valence-electron chi connectivity index (χ2n) is 4.78. The van der Waals surface area contributed by atoms with Crippen LogP contribution in [0.3, 0.4) is 0 Å². The van der Waals surface area contributed by atoms with Crippen molar-refractivity contribution in [2.24, 2.45) is 0 Å². The molecule has 7 heteroatoms. The number of amides is 1. The number of aromatic nitrogens is 1. The zero-order chi connectivity index (χ0) is 17.1. The molecule has 2 aromatic heterocycles. The Morgan fingerprint density at radius 2 is 1.92 bits per heavy atom. The van der Waals surface area contributed by atoms with Crippen molar-refractivity contribution >= 4 is 45.4 Å². The van der Waals surface area contributed by atoms with Gasteiger partial charge >= 0.3 is 0 Å². The van der Waals surface area contributed by atoms with Crippen molar-refractivity contribution in [3.63, 3.8) is 0 Å². The van der Waals surface area contributed by atoms with E-state index in [1.54, 1.807) is 35.7 Å². The van der Waals surface area contributed by atoms with E-state index >= 15 is 0 Å². The quantitative estimate of drug-likeness (QED) is 0.682. The minimum atomic E-state index is -0.301. The molecule has 1 N–H and O–H groups in total. The van der Waals surface area contributed by atoms with Crippen LogP contribution in [0.25, 0.3) is 11.1 Å². The highest BCUT2D eigenvalue weighted by molar-refractivity contribution is 7.15. The van der Waals surface area contributed by atoms with Crippen molar-refractivity contribution in [2.45, 2.75) is 0 Å². The van der Waals surface area contributed by atoms with Crippen molar-refractivity contribution in [1.82, 2.24) is 4.98 Å². The van der Waals surface area contributed by atoms with Crippen molar-refractivity contribution in [1.29, 1.82) is 5.26 Å². The molecular weight excluding hydrogens is 365 g/mol. The Hall–Kier alpha value is -2.39. The second-order valence-corrected chi connectivity index (χ2v) is 6.50. The van der Waals surface area contributed by atoms with Crippen LogP contribution in [0.1, 0.15) is 15.9 Å². The molecule has 0 spiro atoms. The van der Waals surface area contributed by atoms with Crippen LogP contribution < -0.4 is 5.32 Å². The lowest BCUT2D eigenvalue weighted by Gasteiger charge is -2.05. The minimum Gasteiger partial charge on any atom is -0.312 e. The van der Waals surface area contributed by atoms with Crippen LogP contribution in [0.4, 0.5) is 5.00 Å². The number of halogens is 2. The zero-order valence-corrected chi connectivity index (χ0v) is 14.4. The summed E-state index contributed by atoms with van der Waals surface area (Å²) in [5.41, 5.74) is 2.19. The van der Waals surface area contributed by atoms with E-state index in [2.05, 4.69) is 16.4 Å². The number of hydrogen-bond donors (Lipinski definition) is 1. The largest absolute Gasteiger partial charge is 0.312 e. The predicted molar refractivity (Wildman–Crippen MR) is 96.7 cm³/mol. The predicted octanol–water partition coefficient (Wildman–Crippen LogP) is 5.24. The normalized spacial score (nSPS) is 10.2. The van der Waals surface area contributed by atoms with Crippen LogP contribution in [0.15, 0.2) is 48.1 Å². The summed E-state index contributed by atoms with van der Waals surface area (Å²) in [6.07, 6.45) is 3.07. The van der Waals surface area contributed by atoms with E-state index in [-0.39, 0.29) is 5.91 Å². The van der Waals surface area contributed by atoms with Crippen LogP contribution in [0.2, 0.25) is 10.0 Å². The summed E-state index contributed by atoms with van der Waals surface area (Å²) in [6.45, 7) is 0. The maximum Gasteiger partial charge on any atom is 0.256 e. The summed E-state index contributed by atoms with van der Waals surface area (Å²) in [4.78, 5) is 16.1. The lowest BCUT2D eigenvalue weighted by Crippen LogP contribution is -2.11. The van der Waals surface area contributed by atoms with Crippen LogP contribution >= 0.6 is 34.5 Å². The molecule has 1 amide bonds. The summed E-state index contributed by atoms with van der Waals surface area (Å²) in [5.74, 6) is -0.301. The lowest BCUT2D eigenvalue weighted by molar-refractivity contribution is 0.102. The topological polar surface area (TPSA) is 65.8 Å². The molecule has 3 aromatic rings. The third kappa shape index (κ3) is 3.26. The molecule has 0 radical (unpaired) electrons. The first-order valence-corrected chi connectivity index (χ1v) is 8.42. The molecule has 0 bridgehead atoms. The van der Waals surface area contributed by atoms with Gasteiger partial charge in [0.05, 0.1) is 5.56 Å². The van der Waals surface area contributed by atoms with Crippen molar-refractivity contribution in [2.75, 3.05) is 5.32 Å². The Balaban J connectivity index is 1.96. The Labute approximate surface area is 152 Å². The average Bonchev–Trinajstić information content (AvgIpc) is 2.98. The first-order chi connectivity index (χ1) is 11.6. The summed E-state index contributed by atoms with van der Waals surface area (Å²) in [6, 6.07) is 10.4. The number of thiophene rings is 1. The molecule has 0 saturated heterocycles. The Morgan fingerprint density at radius 3 is 2.58 bits per heavy atom. The molecule has 24 heavy (non-hydrogen) atoms. The fourth-order valence-corrected chi connectivity index (χ4v) is 3.56. The highest BCUT2D eigenvalue weighted by Gasteiger charge is 2.17. The van der Waals surface area contributed by atoms with Gasteiger partial charge in [-0.3, -0.25) is 9.78 Å². The van der Waals surface area contributed by atoms with Gasteiger partial charge < -0.3 is 5.32 Å². The zero-order valence-electron chi connectivity index (χ0n) is 12.1. The van der Waals surface area contributed by atoms with E-state index in [0.29, 0.717) is 37.3 Å². The highest BCUT2D eigenvalue weighted by Crippen LogP contribution is 2.39. The van der Waals surface area contributed by atoms with Crippen LogP contribution in [0.5, 0.6) is 0 Å². The number of pyridine rings is 1. The van der Waals surface area contributed by atoms with E-state index in [4.69, 9.17) is 23.2 Å². The second kappa shape index (κ2) is 7.02. The number of carbonyl (C=O) groups is 1. The Kier molecular flexibility index (Phi) is 4.81. The van der Waals surface area contributed by atoms with Gasteiger partial charge in [-0.15, -0.1) is 11.3 Å². The van der Waals surface area contributed by atoms with Gasteiger partial charge in [0.2, 0.25) is 0 Å². The number of hydrogen-bond acceptors (Lipinski definition) is 4. The third-order valence-corrected chi connectivity index (χ3v) is 4.74. The van der Waals surface area contributed by atoms with Gasteiger partial charge in [0.1, 0.15) is 11.1 Å². The molecule has 4 nitrogen and oxygen atoms in total. The molecule has 0 aliphatic carbocycles. The molecule has 3 rings (SSSR count). The van der Waals surface area contributed by atoms with Gasteiger partial charge in [-0.25, -0.2) is 0 Å². The van der Waals surface area contributed by atoms with Crippen molar-refractivity contribution < 1.29 is 4.79 Å². The fourth-order valence-electron chi connectivity index (χ4n) is 2.15. The number of anilines is 1. The van der Waals surface area contributed by atoms with Gasteiger partial charge in [0.25, 0.3) is 5.91 Å². The molecule has 0 atom stereocenters. The maximum atomic E-state index is 12.3. The van der Waals surface area contributed by atoms with Gasteiger partial charge in [0, 0.05) is 44.5 Å². The average molecular weight is 374 g/mol. The third-order valence-electron chi connectivity index (χ3n) is 3.29. The summed E-state index contributed by atoms with van der Waals surface area (Å²) in [5, 5.41) is 15.5. The van der Waals surface area contributed by atoms with Crippen LogP contribution in [-0.4, -0.2) is 10.9 Å². The van der Waals surface area contributed by atoms with Gasteiger partial charge in [0.15, 0.2) is 0 Å². The molecule has 0 saturated carbocycles. The van der Waals surface area contributed by atoms with Crippen molar-refractivity contribution in [3.8, 4) is 17.2 Å². The van der Waals surface area contributed by atoms with Gasteiger partial charge in [-0.2, -0.15) is 5.26 Å². The highest BCUT2D eigenvalue weighted by atomic mass is 35.5. The maximum absolute atomic E-state index is 12.3. The monoisotopic (exact) mass is 373 g/mol. The number of rotatable bonds is 3. The van der Waals surface area contributed by atoms with Crippen LogP contribution in [-0.2, 0) is 0 Å². The first kappa shape index (κ1) is 16.5. The van der Waals surface area contributed by atoms with Crippen molar-refractivity contribution in [3.05, 3.63) is 69.3 Å². The summed E-state index contributed by atoms with van der Waals surface area (Å²) < 4.78 is 0. The fraction of sp³-hybridized carbons (Fsp3) is 0. The van der Waals surface area contributed by atoms with E-state index in [0.717, 1.165) is 0 Å². The number of benzene rings is 1. The molecule has 0 aliphatic heterocycles. The number of carbonyl (C=O) groups excluding carboxylic acids is 1. The minimum absolute atomic E-state index is 0.301. The molecule has 0 aliphatic rings. The van der Waals surface area contributed by atoms with Gasteiger partial charge in [-0.05, 0) is 24.3 Å². The van der Waals surface area contributed by atoms with E-state index in [1.807, 2.05) is 0 Å². The smallest absolute Gasteiger partial charge is 0.256 e. The molecule has 1 aromatic carbocycles. The number of nitrogens with one attached hydrogen (secondary N) is 1. The number of nitriles is 1. The SMILES string of the molecule is N#Cc1c(-c2ccc(Cl)cc2Cl)csc1NC(=O)c1ccncc1. The Bertz CT molecular complexity index is 948. The first-order valence-electron chi connectivity index (χ1n) is 6.78. The van der Waals surface area contributed by atoms with E-state index < -0.39 is 0 Å². The van der Waals surface area contributed by atoms with Crippen LogP contribution in [0, 0.1) is 11.3 Å². The number of nitrogens with zero attached hydrogens (tertiary/aromatic N) is 2. The Morgan fingerprint density at radius 1 is 1.17 bits per heavy atom. The van der Waals surface area contributed by atoms with Gasteiger partial charge in [-0.1, -0.05) is 29.3 Å². The molecule has 2 heterocycles. The standard InChI is InChI=1S/C17H9Cl2N3OS/c18-11-1-2-12(15(19)7-11)14-9-24-17(13(14)8-20)22-16(23)10-3-5-21-6-4-10/h1-7,9H,(H,22,23). The molecule has 0 unspecified atom stereocenters. The molecule has 0 fully saturated rings. The van der Waals surface area contributed by atoms with E-state index in [1.165, 1.54) is 23.7 Å². The lowest BCUT2D eigenvalue weighted by atomic mass is 10.0. The molecule has 118 valence electrons. The van der Waals surface area contributed by atoms with E-state index in [9.17, 15) is 10.1 Å². The summed E-state index contributed by atoms with van der Waals surface area (Å²) in [7, 11) is 0.